The number of methoxy groups -OCH3 is 2. The van der Waals surface area contributed by atoms with Gasteiger partial charge < -0.3 is 40.7 Å². The number of hydrogen-bond acceptors (Lipinski definition) is 20. The van der Waals surface area contributed by atoms with E-state index in [-0.39, 0.29) is 47.7 Å². The van der Waals surface area contributed by atoms with Crippen molar-refractivity contribution in [2.45, 2.75) is 70.6 Å². The first-order valence-corrected chi connectivity index (χ1v) is 36.8. The van der Waals surface area contributed by atoms with Crippen molar-refractivity contribution in [1.29, 1.82) is 0 Å². The van der Waals surface area contributed by atoms with Gasteiger partial charge in [0.15, 0.2) is 18.0 Å². The van der Waals surface area contributed by atoms with E-state index >= 15 is 0 Å². The van der Waals surface area contributed by atoms with Gasteiger partial charge in [0.1, 0.15) is 28.5 Å². The van der Waals surface area contributed by atoms with Crippen LogP contribution in [0.15, 0.2) is 84.6 Å². The molecular weight excluding hydrogens is 1340 g/mol. The number of fused-ring (bicyclic) bond motifs is 2. The molecule has 4 aromatic rings. The molecule has 0 aliphatic carbocycles. The third kappa shape index (κ3) is 20.7. The molecule has 4 amide bonds. The molecule has 2 aromatic carbocycles. The van der Waals surface area contributed by atoms with Crippen LogP contribution in [0.1, 0.15) is 113 Å². The number of carboxylic acids is 1. The summed E-state index contributed by atoms with van der Waals surface area (Å²) < 4.78 is 176. The largest absolute Gasteiger partial charge is 0.495 e. The number of aliphatic carboxylic acids is 1. The van der Waals surface area contributed by atoms with Gasteiger partial charge in [-0.25, -0.2) is 9.97 Å². The van der Waals surface area contributed by atoms with Crippen LogP contribution in [-0.2, 0) is 66.2 Å². The zero-order valence-corrected chi connectivity index (χ0v) is 55.9. The van der Waals surface area contributed by atoms with Crippen molar-refractivity contribution < 1.29 is 108 Å². The molecule has 0 fully saturated rings. The number of pyridine rings is 2. The third-order valence-electron chi connectivity index (χ3n) is 15.0. The SMILES string of the molecule is COc1cc(-c2cc(C(=O)NCCS(=O)(=O)O)nc(C(=O)NCCS(=O)(=O)O)c2)cc2c1N(CCCCCC(=O)O)/C(=C/C=C/C=C/C1=[N+](CCCS(=O)(=O)O)c3c(OC)cc(-c4cc(C(=O)NCCS(=O)(=O)O)nc(C(=O)NCCS(=O)(=O)O)c4)cc3C1(C)C)C2(C)C. The first-order chi connectivity index (χ1) is 43.6. The standard InChI is InChI=1S/C58H72N8O23S5/c1-57(2)40-28-36(38-30-42(53(69)59-17-24-91(76,77)78)63-43(31-38)54(70)60-18-25-92(79,80)81)34-46(88-5)51(40)65(21-12-8-11-16-50(67)68)48(57)14-9-7-10-15-49-58(3,4)41-29-37(35-47(89-6)52(41)66(49)22-13-23-90(73,74)75)39-32-44(55(71)61-19-26-93(82,83)84)64-45(33-39)56(72)62-20-27-94(85,86)87/h7,9-10,14-15,28-35H,8,11-13,16-27H2,1-6H3,(H9-,59,60,61,62,67,68,69,70,71,72,73,74,75,76,77,78,79,80,81,82,83,84,85,86,87)/p+1. The Balaban J connectivity index is 1.44. The maximum absolute atomic E-state index is 13.5. The molecule has 2 aliphatic rings. The van der Waals surface area contributed by atoms with Crippen LogP contribution in [0.4, 0.5) is 11.4 Å². The topological polar surface area (TPSA) is 476 Å². The van der Waals surface area contributed by atoms with Crippen molar-refractivity contribution in [3.8, 4) is 33.8 Å². The smallest absolute Gasteiger partial charge is 0.303 e. The molecule has 4 heterocycles. The fraction of sp³-hybridized carbons (Fsp3) is 0.414. The molecule has 94 heavy (non-hydrogen) atoms. The number of unbranched alkanes of at least 4 members (excludes halogenated alkanes) is 2. The van der Waals surface area contributed by atoms with Gasteiger partial charge in [-0.2, -0.15) is 46.7 Å². The van der Waals surface area contributed by atoms with Crippen molar-refractivity contribution in [3.05, 3.63) is 119 Å². The lowest BCUT2D eigenvalue weighted by molar-refractivity contribution is -0.438. The highest BCUT2D eigenvalue weighted by Crippen LogP contribution is 2.54. The lowest BCUT2D eigenvalue weighted by Crippen LogP contribution is -2.32. The number of rotatable bonds is 33. The Morgan fingerprint density at radius 3 is 1.32 bits per heavy atom. The number of benzene rings is 2. The molecule has 0 unspecified atom stereocenters. The Morgan fingerprint density at radius 2 is 0.915 bits per heavy atom. The summed E-state index contributed by atoms with van der Waals surface area (Å²) in [4.78, 5) is 75.6. The number of aromatic nitrogens is 2. The van der Waals surface area contributed by atoms with Gasteiger partial charge in [-0.15, -0.1) is 0 Å². The van der Waals surface area contributed by atoms with Gasteiger partial charge >= 0.3 is 5.97 Å². The van der Waals surface area contributed by atoms with E-state index < -0.39 is 157 Å². The summed E-state index contributed by atoms with van der Waals surface area (Å²) >= 11 is 0. The highest BCUT2D eigenvalue weighted by atomic mass is 32.2. The van der Waals surface area contributed by atoms with E-state index in [1.807, 2.05) is 43.2 Å². The molecule has 0 bridgehead atoms. The average molecular weight is 1410 g/mol. The molecule has 36 heteroatoms. The van der Waals surface area contributed by atoms with Crippen LogP contribution < -0.4 is 35.6 Å². The van der Waals surface area contributed by atoms with Crippen LogP contribution in [0.2, 0.25) is 0 Å². The molecule has 31 nitrogen and oxygen atoms in total. The second kappa shape index (κ2) is 30.6. The highest BCUT2D eigenvalue weighted by Gasteiger charge is 2.47. The zero-order chi connectivity index (χ0) is 69.9. The molecule has 512 valence electrons. The summed E-state index contributed by atoms with van der Waals surface area (Å²) in [6.07, 6.45) is 10.2. The normalized spacial score (nSPS) is 15.1. The van der Waals surface area contributed by atoms with Crippen LogP contribution >= 0.6 is 0 Å². The van der Waals surface area contributed by atoms with Crippen LogP contribution in [0.25, 0.3) is 22.3 Å². The predicted octanol–water partition coefficient (Wildman–Crippen LogP) is 3.39. The fourth-order valence-electron chi connectivity index (χ4n) is 10.5. The second-order valence-corrected chi connectivity index (χ2v) is 30.5. The van der Waals surface area contributed by atoms with Gasteiger partial charge in [0, 0.05) is 68.3 Å². The van der Waals surface area contributed by atoms with Crippen molar-refractivity contribution in [1.82, 2.24) is 31.2 Å². The van der Waals surface area contributed by atoms with Crippen LogP contribution in [-0.4, -0.2) is 202 Å². The molecule has 6 rings (SSSR count). The number of nitrogens with one attached hydrogen (secondary N) is 4. The number of nitrogens with zero attached hydrogens (tertiary/aromatic N) is 4. The first-order valence-electron chi connectivity index (χ1n) is 28.7. The Morgan fingerprint density at radius 1 is 0.511 bits per heavy atom. The minimum absolute atomic E-state index is 0.0185. The van der Waals surface area contributed by atoms with Crippen molar-refractivity contribution in [2.75, 3.05) is 87.2 Å². The zero-order valence-electron chi connectivity index (χ0n) is 51.8. The Labute approximate surface area is 543 Å². The minimum Gasteiger partial charge on any atom is -0.495 e. The second-order valence-electron chi connectivity index (χ2n) is 22.6. The van der Waals surface area contributed by atoms with E-state index in [1.54, 1.807) is 48.6 Å². The third-order valence-corrected chi connectivity index (χ3v) is 18.6. The number of carboxylic acid groups (broad SMARTS) is 1. The highest BCUT2D eigenvalue weighted by molar-refractivity contribution is 7.86. The monoisotopic (exact) mass is 1410 g/mol. The van der Waals surface area contributed by atoms with Gasteiger partial charge in [-0.3, -0.25) is 46.7 Å². The quantitative estimate of drug-likeness (QED) is 0.0141. The van der Waals surface area contributed by atoms with Gasteiger partial charge in [-0.05, 0) is 109 Å². The number of ether oxygens (including phenoxy) is 2. The molecule has 2 aromatic heterocycles. The molecular formula is C58H73N8O23S5+. The van der Waals surface area contributed by atoms with Gasteiger partial charge in [-0.1, -0.05) is 38.5 Å². The van der Waals surface area contributed by atoms with E-state index in [1.165, 1.54) is 38.5 Å². The lowest BCUT2D eigenvalue weighted by Gasteiger charge is -2.27. The van der Waals surface area contributed by atoms with Crippen molar-refractivity contribution in [3.63, 3.8) is 0 Å². The van der Waals surface area contributed by atoms with Crippen molar-refractivity contribution in [2.24, 2.45) is 0 Å². The van der Waals surface area contributed by atoms with E-state index in [0.717, 1.165) is 5.70 Å². The average Bonchev–Trinajstić information content (AvgIpc) is 1.58. The van der Waals surface area contributed by atoms with Crippen molar-refractivity contribution >= 4 is 97.3 Å². The summed E-state index contributed by atoms with van der Waals surface area (Å²) in [5.41, 5.74) is 1.43. The van der Waals surface area contributed by atoms with Crippen LogP contribution in [0.5, 0.6) is 11.5 Å². The number of anilines is 1. The molecule has 0 atom stereocenters. The molecule has 0 spiro atoms. The number of allylic oxidation sites excluding steroid dienone is 6. The van der Waals surface area contributed by atoms with Gasteiger partial charge in [0.25, 0.3) is 79.9 Å². The van der Waals surface area contributed by atoms with E-state index in [0.29, 0.717) is 70.9 Å². The van der Waals surface area contributed by atoms with E-state index in [4.69, 9.17) is 9.47 Å². The first kappa shape index (κ1) is 75.0. The number of carbonyl (C=O) groups excluding carboxylic acids is 4. The number of carbonyl (C=O) groups is 5. The summed E-state index contributed by atoms with van der Waals surface area (Å²) in [7, 11) is -19.7. The number of hydrogen-bond donors (Lipinski definition) is 10. The van der Waals surface area contributed by atoms with Gasteiger partial charge in [0.2, 0.25) is 0 Å². The number of amides is 4. The molecule has 2 aliphatic heterocycles. The summed E-state index contributed by atoms with van der Waals surface area (Å²) in [6, 6.07) is 12.0. The lowest BCUT2D eigenvalue weighted by atomic mass is 9.80. The maximum Gasteiger partial charge on any atom is 0.303 e. The summed E-state index contributed by atoms with van der Waals surface area (Å²) in [5, 5.41) is 18.7. The molecule has 0 radical (unpaired) electrons. The Hall–Kier alpha value is -8.07. The van der Waals surface area contributed by atoms with Crippen LogP contribution in [0.3, 0.4) is 0 Å². The molecule has 0 saturated heterocycles. The van der Waals surface area contributed by atoms with Gasteiger partial charge in [0.05, 0.1) is 54.1 Å². The maximum atomic E-state index is 13.5. The Bertz CT molecular complexity index is 4220. The molecule has 10 N–H and O–H groups in total. The fourth-order valence-corrected chi connectivity index (χ4v) is 12.4. The van der Waals surface area contributed by atoms with E-state index in [9.17, 15) is 93.9 Å². The van der Waals surface area contributed by atoms with E-state index in [2.05, 4.69) is 31.2 Å². The molecule has 0 saturated carbocycles. The van der Waals surface area contributed by atoms with Crippen LogP contribution in [0, 0.1) is 0 Å². The minimum atomic E-state index is -4.51. The summed E-state index contributed by atoms with van der Waals surface area (Å²) in [6.45, 7) is 5.80. The Kier molecular flexibility index (Phi) is 24.4. The summed E-state index contributed by atoms with van der Waals surface area (Å²) in [5.74, 6) is -8.24. The predicted molar refractivity (Wildman–Crippen MR) is 344 cm³/mol.